The molecule has 4 atom stereocenters. The van der Waals surface area contributed by atoms with E-state index in [1.165, 1.54) is 19.4 Å². The number of hydrogen-bond donors (Lipinski definition) is 3. The first kappa shape index (κ1) is 22.0. The topological polar surface area (TPSA) is 107 Å². The fraction of sp³-hybridized carbons (Fsp3) is 0.545. The van der Waals surface area contributed by atoms with Gasteiger partial charge in [-0.05, 0) is 42.6 Å². The van der Waals surface area contributed by atoms with E-state index in [4.69, 9.17) is 10.5 Å². The van der Waals surface area contributed by atoms with Crippen LogP contribution in [0.3, 0.4) is 0 Å². The number of fused-ring (bicyclic) bond motifs is 1. The third-order valence-corrected chi connectivity index (χ3v) is 7.48. The number of nitrogens with one attached hydrogen (secondary N) is 1. The number of rotatable bonds is 4. The van der Waals surface area contributed by atoms with E-state index < -0.39 is 17.2 Å². The predicted octanol–water partition coefficient (Wildman–Crippen LogP) is 2.64. The molecule has 0 amide bonds. The van der Waals surface area contributed by atoms with Crippen molar-refractivity contribution in [2.24, 2.45) is 17.1 Å². The van der Waals surface area contributed by atoms with Crippen molar-refractivity contribution in [3.05, 3.63) is 39.4 Å². The largest absolute Gasteiger partial charge is 0.494 e. The first-order chi connectivity index (χ1) is 14.3. The fourth-order valence-corrected chi connectivity index (χ4v) is 5.44. The van der Waals surface area contributed by atoms with Gasteiger partial charge in [-0.15, -0.1) is 12.4 Å². The average molecular weight is 452 g/mol. The van der Waals surface area contributed by atoms with E-state index in [1.807, 2.05) is 0 Å². The van der Waals surface area contributed by atoms with Gasteiger partial charge in [0.25, 0.3) is 0 Å². The Morgan fingerprint density at radius 1 is 1.42 bits per heavy atom. The van der Waals surface area contributed by atoms with Crippen LogP contribution in [0.1, 0.15) is 54.1 Å². The number of carboxylic acid groups (broad SMARTS) is 1. The molecule has 31 heavy (non-hydrogen) atoms. The van der Waals surface area contributed by atoms with E-state index in [0.29, 0.717) is 16.8 Å². The molecule has 2 aliphatic carbocycles. The molecule has 2 aromatic rings. The number of halogens is 2. The molecule has 0 bridgehead atoms. The number of ether oxygens (including phenoxy) is 1. The van der Waals surface area contributed by atoms with Gasteiger partial charge in [-0.2, -0.15) is 0 Å². The second-order valence-electron chi connectivity index (χ2n) is 9.09. The Kier molecular flexibility index (Phi) is 5.31. The molecule has 1 aliphatic heterocycles. The summed E-state index contributed by atoms with van der Waals surface area (Å²) in [5.74, 6) is -1.32. The van der Waals surface area contributed by atoms with Gasteiger partial charge in [-0.1, -0.05) is 6.92 Å². The van der Waals surface area contributed by atoms with Gasteiger partial charge in [0, 0.05) is 36.9 Å². The molecule has 9 heteroatoms. The smallest absolute Gasteiger partial charge is 0.341 e. The normalized spacial score (nSPS) is 29.6. The molecular weight excluding hydrogens is 425 g/mol. The van der Waals surface area contributed by atoms with E-state index in [9.17, 15) is 14.7 Å². The van der Waals surface area contributed by atoms with Gasteiger partial charge in [0.05, 0.1) is 18.0 Å². The van der Waals surface area contributed by atoms with Crippen LogP contribution in [0.4, 0.5) is 4.39 Å². The van der Waals surface area contributed by atoms with Crippen molar-refractivity contribution in [1.29, 1.82) is 0 Å². The van der Waals surface area contributed by atoms with Crippen molar-refractivity contribution in [3.63, 3.8) is 0 Å². The number of pyridine rings is 1. The third kappa shape index (κ3) is 3.15. The highest BCUT2D eigenvalue weighted by Crippen LogP contribution is 2.66. The summed E-state index contributed by atoms with van der Waals surface area (Å²) in [7, 11) is 1.48. The Bertz CT molecular complexity index is 1130. The van der Waals surface area contributed by atoms with Crippen LogP contribution in [-0.2, 0) is 0 Å². The van der Waals surface area contributed by atoms with Crippen LogP contribution in [0.15, 0.2) is 17.1 Å². The van der Waals surface area contributed by atoms with Crippen LogP contribution >= 0.6 is 12.4 Å². The second-order valence-corrected chi connectivity index (χ2v) is 9.09. The van der Waals surface area contributed by atoms with E-state index in [1.54, 1.807) is 4.57 Å². The Balaban J connectivity index is 0.00000231. The maximum Gasteiger partial charge on any atom is 0.341 e. The Hall–Kier alpha value is -2.16. The second kappa shape index (κ2) is 7.46. The van der Waals surface area contributed by atoms with E-state index in [0.717, 1.165) is 32.4 Å². The maximum atomic E-state index is 15.5. The predicted molar refractivity (Wildman–Crippen MR) is 117 cm³/mol. The highest BCUT2D eigenvalue weighted by atomic mass is 35.5. The molecule has 3 fully saturated rings. The quantitative estimate of drug-likeness (QED) is 0.659. The molecule has 1 saturated heterocycles. The molecule has 3 aliphatic rings. The summed E-state index contributed by atoms with van der Waals surface area (Å²) >= 11 is 0. The molecule has 0 radical (unpaired) electrons. The number of nitrogens with two attached hydrogens (primary N) is 1. The summed E-state index contributed by atoms with van der Waals surface area (Å²) < 4.78 is 23.0. The van der Waals surface area contributed by atoms with Crippen molar-refractivity contribution in [2.75, 3.05) is 20.2 Å². The van der Waals surface area contributed by atoms with Gasteiger partial charge < -0.3 is 25.5 Å². The first-order valence-corrected chi connectivity index (χ1v) is 10.4. The highest BCUT2D eigenvalue weighted by molar-refractivity contribution is 5.95. The van der Waals surface area contributed by atoms with E-state index >= 15 is 4.39 Å². The molecule has 2 heterocycles. The molecule has 2 saturated carbocycles. The van der Waals surface area contributed by atoms with Crippen LogP contribution in [0.5, 0.6) is 5.75 Å². The summed E-state index contributed by atoms with van der Waals surface area (Å²) in [4.78, 5) is 24.4. The lowest BCUT2D eigenvalue weighted by Gasteiger charge is -2.36. The lowest BCUT2D eigenvalue weighted by molar-refractivity contribution is 0.0695. The van der Waals surface area contributed by atoms with Crippen LogP contribution < -0.4 is 21.2 Å². The monoisotopic (exact) mass is 451 g/mol. The zero-order chi connectivity index (χ0) is 21.4. The number of aromatic nitrogens is 1. The van der Waals surface area contributed by atoms with Crippen molar-refractivity contribution in [3.8, 4) is 5.75 Å². The molecule has 7 nitrogen and oxygen atoms in total. The van der Waals surface area contributed by atoms with Crippen molar-refractivity contribution in [2.45, 2.75) is 44.2 Å². The summed E-state index contributed by atoms with van der Waals surface area (Å²) in [6.07, 6.45) is 3.96. The minimum absolute atomic E-state index is 0. The SMILES string of the molecule is COc1c([C@@H]2CC23CNCC(N)C3C)c(F)cc2c(=O)c(C(=O)O)cn(C3CC3)c12.Cl. The Morgan fingerprint density at radius 2 is 2.13 bits per heavy atom. The zero-order valence-corrected chi connectivity index (χ0v) is 18.3. The standard InChI is InChI=1S/C22H26FN3O4.ClH/c1-10-16(24)7-25-9-22(10)6-14(22)17-15(23)5-12-18(20(17)30-2)26(11-3-4-11)8-13(19(12)27)21(28)29;/h5,8,10-11,14,16,25H,3-4,6-7,9,24H2,1-2H3,(H,28,29);1H/t10?,14-,16?,22?;/m0./s1. The number of piperidine rings is 1. The molecule has 168 valence electrons. The van der Waals surface area contributed by atoms with Crippen LogP contribution in [0.25, 0.3) is 10.9 Å². The van der Waals surface area contributed by atoms with Crippen LogP contribution in [0, 0.1) is 17.2 Å². The Labute approximate surface area is 185 Å². The number of carbonyl (C=O) groups is 1. The lowest BCUT2D eigenvalue weighted by Crippen LogP contribution is -2.51. The molecule has 4 N–H and O–H groups in total. The van der Waals surface area contributed by atoms with E-state index in [-0.39, 0.29) is 52.7 Å². The summed E-state index contributed by atoms with van der Waals surface area (Å²) in [5.41, 5.74) is 6.09. The summed E-state index contributed by atoms with van der Waals surface area (Å²) in [6, 6.07) is 1.30. The van der Waals surface area contributed by atoms with Crippen LogP contribution in [0.2, 0.25) is 0 Å². The highest BCUT2D eigenvalue weighted by Gasteiger charge is 2.61. The van der Waals surface area contributed by atoms with Gasteiger partial charge in [0.1, 0.15) is 17.1 Å². The number of aromatic carboxylic acids is 1. The van der Waals surface area contributed by atoms with Crippen LogP contribution in [-0.4, -0.2) is 41.9 Å². The Morgan fingerprint density at radius 3 is 2.74 bits per heavy atom. The summed E-state index contributed by atoms with van der Waals surface area (Å²) in [6.45, 7) is 3.63. The maximum absolute atomic E-state index is 15.5. The molecule has 1 spiro atoms. The lowest BCUT2D eigenvalue weighted by atomic mass is 9.78. The van der Waals surface area contributed by atoms with Gasteiger partial charge in [0.15, 0.2) is 0 Å². The first-order valence-electron chi connectivity index (χ1n) is 10.4. The molecule has 1 aromatic carbocycles. The third-order valence-electron chi connectivity index (χ3n) is 7.48. The fourth-order valence-electron chi connectivity index (χ4n) is 5.44. The van der Waals surface area contributed by atoms with Gasteiger partial charge in [-0.25, -0.2) is 9.18 Å². The van der Waals surface area contributed by atoms with Crippen molar-refractivity contribution >= 4 is 29.3 Å². The number of nitrogens with zero attached hydrogens (tertiary/aromatic N) is 1. The molecule has 5 rings (SSSR count). The number of methoxy groups -OCH3 is 1. The minimum atomic E-state index is -1.31. The minimum Gasteiger partial charge on any atom is -0.494 e. The zero-order valence-electron chi connectivity index (χ0n) is 17.5. The number of benzene rings is 1. The number of hydrogen-bond acceptors (Lipinski definition) is 5. The molecular formula is C22H27ClFN3O4. The van der Waals surface area contributed by atoms with Crippen molar-refractivity contribution < 1.29 is 19.0 Å². The van der Waals surface area contributed by atoms with Crippen molar-refractivity contribution in [1.82, 2.24) is 9.88 Å². The number of carboxylic acids is 1. The summed E-state index contributed by atoms with van der Waals surface area (Å²) in [5, 5.41) is 12.9. The van der Waals surface area contributed by atoms with Gasteiger partial charge in [0.2, 0.25) is 5.43 Å². The van der Waals surface area contributed by atoms with E-state index in [2.05, 4.69) is 12.2 Å². The van der Waals surface area contributed by atoms with Gasteiger partial charge >= 0.3 is 5.97 Å². The molecule has 1 aromatic heterocycles. The molecule has 3 unspecified atom stereocenters. The van der Waals surface area contributed by atoms with Gasteiger partial charge in [-0.3, -0.25) is 4.79 Å². The average Bonchev–Trinajstić information content (AvgIpc) is 3.62.